The van der Waals surface area contributed by atoms with Crippen LogP contribution in [0.25, 0.3) is 0 Å². The summed E-state index contributed by atoms with van der Waals surface area (Å²) in [6.07, 6.45) is -5.15. The standard InChI is InChI=1S/C17H16Cl2F3N5O4S2/c18-10-1-2-11(19)12(9-10)33(30,31)27-7-5-26(6-8-27)14(29)4-3-13(28)23-16-25-24-15(32-16)17(20,21)22/h1-2,9H,3-8H2,(H,23,25,28). The highest BCUT2D eigenvalue weighted by molar-refractivity contribution is 7.89. The fourth-order valence-corrected chi connectivity index (χ4v) is 5.73. The van der Waals surface area contributed by atoms with E-state index in [2.05, 4.69) is 15.5 Å². The molecule has 0 atom stereocenters. The van der Waals surface area contributed by atoms with E-state index >= 15 is 0 Å². The third-order valence-corrected chi connectivity index (χ3v) is 8.08. The van der Waals surface area contributed by atoms with Crippen LogP contribution in [0.1, 0.15) is 17.8 Å². The van der Waals surface area contributed by atoms with Crippen LogP contribution in [0.4, 0.5) is 18.3 Å². The van der Waals surface area contributed by atoms with Gasteiger partial charge in [-0.25, -0.2) is 8.42 Å². The number of piperazine rings is 1. The number of anilines is 1. The van der Waals surface area contributed by atoms with Gasteiger partial charge in [-0.1, -0.05) is 34.5 Å². The molecular weight excluding hydrogens is 530 g/mol. The molecule has 3 rings (SSSR count). The molecule has 9 nitrogen and oxygen atoms in total. The van der Waals surface area contributed by atoms with Crippen LogP contribution in [0.2, 0.25) is 10.0 Å². The van der Waals surface area contributed by atoms with Crippen LogP contribution in [0.15, 0.2) is 23.1 Å². The van der Waals surface area contributed by atoms with Crippen molar-refractivity contribution in [3.8, 4) is 0 Å². The molecule has 1 fully saturated rings. The Kier molecular flexibility index (Phi) is 7.84. The first kappa shape index (κ1) is 25.6. The van der Waals surface area contributed by atoms with Crippen molar-refractivity contribution in [2.45, 2.75) is 23.9 Å². The molecule has 1 saturated heterocycles. The van der Waals surface area contributed by atoms with Gasteiger partial charge in [-0.15, -0.1) is 10.2 Å². The largest absolute Gasteiger partial charge is 0.445 e. The van der Waals surface area contributed by atoms with Crippen molar-refractivity contribution in [3.05, 3.63) is 33.3 Å². The van der Waals surface area contributed by atoms with Crippen LogP contribution in [0, 0.1) is 0 Å². The van der Waals surface area contributed by atoms with Gasteiger partial charge in [0.25, 0.3) is 0 Å². The summed E-state index contributed by atoms with van der Waals surface area (Å²) in [4.78, 5) is 25.6. The first-order valence-electron chi connectivity index (χ1n) is 9.31. The lowest BCUT2D eigenvalue weighted by Crippen LogP contribution is -2.50. The van der Waals surface area contributed by atoms with Gasteiger partial charge in [0.15, 0.2) is 0 Å². The molecule has 16 heteroatoms. The normalized spacial score (nSPS) is 15.5. The second-order valence-electron chi connectivity index (χ2n) is 6.82. The van der Waals surface area contributed by atoms with Crippen molar-refractivity contribution < 1.29 is 31.2 Å². The van der Waals surface area contributed by atoms with Crippen molar-refractivity contribution in [1.29, 1.82) is 0 Å². The molecule has 1 aliphatic heterocycles. The molecule has 2 aromatic rings. The summed E-state index contributed by atoms with van der Waals surface area (Å²) in [7, 11) is -3.91. The molecular formula is C17H16Cl2F3N5O4S2. The van der Waals surface area contributed by atoms with Gasteiger partial charge in [-0.05, 0) is 18.2 Å². The Hall–Kier alpha value is -2.00. The quantitative estimate of drug-likeness (QED) is 0.596. The predicted octanol–water partition coefficient (Wildman–Crippen LogP) is 3.12. The fourth-order valence-electron chi connectivity index (χ4n) is 2.94. The number of sulfonamides is 1. The van der Waals surface area contributed by atoms with E-state index in [1.54, 1.807) is 0 Å². The first-order chi connectivity index (χ1) is 15.4. The predicted molar refractivity (Wildman–Crippen MR) is 115 cm³/mol. The van der Waals surface area contributed by atoms with Crippen molar-refractivity contribution in [2.24, 2.45) is 0 Å². The van der Waals surface area contributed by atoms with Gasteiger partial charge in [0.1, 0.15) is 4.90 Å². The summed E-state index contributed by atoms with van der Waals surface area (Å²) < 4.78 is 64.4. The Labute approximate surface area is 200 Å². The topological polar surface area (TPSA) is 113 Å². The number of amides is 2. The highest BCUT2D eigenvalue weighted by atomic mass is 35.5. The van der Waals surface area contributed by atoms with Gasteiger partial charge in [0.05, 0.1) is 5.02 Å². The molecule has 0 saturated carbocycles. The fraction of sp³-hybridized carbons (Fsp3) is 0.412. The van der Waals surface area contributed by atoms with Crippen LogP contribution in [-0.2, 0) is 25.8 Å². The van der Waals surface area contributed by atoms with Gasteiger partial charge < -0.3 is 10.2 Å². The Bertz CT molecular complexity index is 1150. The summed E-state index contributed by atoms with van der Waals surface area (Å²) in [5.74, 6) is -1.08. The number of benzene rings is 1. The zero-order valence-corrected chi connectivity index (χ0v) is 19.7. The molecule has 2 amide bonds. The Morgan fingerprint density at radius 1 is 1.09 bits per heavy atom. The van der Waals surface area contributed by atoms with E-state index in [1.807, 2.05) is 0 Å². The molecule has 0 bridgehead atoms. The molecule has 0 aliphatic carbocycles. The van der Waals surface area contributed by atoms with Crippen molar-refractivity contribution in [1.82, 2.24) is 19.4 Å². The van der Waals surface area contributed by atoms with E-state index in [0.717, 1.165) is 0 Å². The van der Waals surface area contributed by atoms with Crippen LogP contribution in [0.3, 0.4) is 0 Å². The SMILES string of the molecule is O=C(CCC(=O)N1CCN(S(=O)(=O)c2cc(Cl)ccc2Cl)CC1)Nc1nnc(C(F)(F)F)s1. The van der Waals surface area contributed by atoms with E-state index in [4.69, 9.17) is 23.2 Å². The number of nitrogens with one attached hydrogen (secondary N) is 1. The van der Waals surface area contributed by atoms with E-state index in [9.17, 15) is 31.2 Å². The molecule has 180 valence electrons. The van der Waals surface area contributed by atoms with Crippen molar-refractivity contribution in [2.75, 3.05) is 31.5 Å². The summed E-state index contributed by atoms with van der Waals surface area (Å²) in [6.45, 7) is 0.245. The lowest BCUT2D eigenvalue weighted by Gasteiger charge is -2.34. The number of carbonyl (C=O) groups excluding carboxylic acids is 2. The van der Waals surface area contributed by atoms with Gasteiger partial charge in [0, 0.05) is 44.0 Å². The van der Waals surface area contributed by atoms with Gasteiger partial charge in [0.2, 0.25) is 32.0 Å². The third kappa shape index (κ3) is 6.32. The molecule has 0 unspecified atom stereocenters. The molecule has 0 radical (unpaired) electrons. The maximum Gasteiger partial charge on any atom is 0.445 e. The average molecular weight is 546 g/mol. The summed E-state index contributed by atoms with van der Waals surface area (Å²) in [6, 6.07) is 4.11. The number of hydrogen-bond acceptors (Lipinski definition) is 7. The Morgan fingerprint density at radius 3 is 2.36 bits per heavy atom. The smallest absolute Gasteiger partial charge is 0.340 e. The highest BCUT2D eigenvalue weighted by Crippen LogP contribution is 2.33. The second-order valence-corrected chi connectivity index (χ2v) is 10.5. The minimum Gasteiger partial charge on any atom is -0.340 e. The molecule has 1 aromatic heterocycles. The van der Waals surface area contributed by atoms with E-state index in [-0.39, 0.29) is 70.4 Å². The Morgan fingerprint density at radius 2 is 1.76 bits per heavy atom. The maximum atomic E-state index is 12.8. The minimum atomic E-state index is -4.66. The van der Waals surface area contributed by atoms with Gasteiger partial charge >= 0.3 is 6.18 Å². The zero-order chi connectivity index (χ0) is 24.4. The Balaban J connectivity index is 1.50. The monoisotopic (exact) mass is 545 g/mol. The van der Waals surface area contributed by atoms with E-state index in [1.165, 1.54) is 27.4 Å². The number of aromatic nitrogens is 2. The average Bonchev–Trinajstić information content (AvgIpc) is 3.22. The number of halogens is 5. The maximum absolute atomic E-state index is 12.8. The van der Waals surface area contributed by atoms with Crippen LogP contribution in [-0.4, -0.2) is 65.8 Å². The zero-order valence-electron chi connectivity index (χ0n) is 16.6. The number of hydrogen-bond donors (Lipinski definition) is 1. The molecule has 1 N–H and O–H groups in total. The lowest BCUT2D eigenvalue weighted by atomic mass is 10.2. The summed E-state index contributed by atoms with van der Waals surface area (Å²) >= 11 is 12.1. The number of carbonyl (C=O) groups is 2. The van der Waals surface area contributed by atoms with E-state index in [0.29, 0.717) is 0 Å². The van der Waals surface area contributed by atoms with Crippen LogP contribution in [0.5, 0.6) is 0 Å². The molecule has 2 heterocycles. The van der Waals surface area contributed by atoms with Crippen LogP contribution < -0.4 is 5.32 Å². The lowest BCUT2D eigenvalue weighted by molar-refractivity contribution is -0.138. The molecule has 1 aliphatic rings. The van der Waals surface area contributed by atoms with Crippen molar-refractivity contribution >= 4 is 61.5 Å². The molecule has 33 heavy (non-hydrogen) atoms. The summed E-state index contributed by atoms with van der Waals surface area (Å²) in [5.41, 5.74) is 0. The van der Waals surface area contributed by atoms with Gasteiger partial charge in [-0.3, -0.25) is 9.59 Å². The summed E-state index contributed by atoms with van der Waals surface area (Å²) in [5, 5.41) is 7.10. The van der Waals surface area contributed by atoms with Crippen molar-refractivity contribution in [3.63, 3.8) is 0 Å². The van der Waals surface area contributed by atoms with Gasteiger partial charge in [-0.2, -0.15) is 17.5 Å². The van der Waals surface area contributed by atoms with Crippen LogP contribution >= 0.6 is 34.5 Å². The first-order valence-corrected chi connectivity index (χ1v) is 12.3. The minimum absolute atomic E-state index is 0.0219. The van der Waals surface area contributed by atoms with E-state index < -0.39 is 33.0 Å². The number of nitrogens with zero attached hydrogens (tertiary/aromatic N) is 4. The third-order valence-electron chi connectivity index (χ3n) is 4.58. The molecule has 1 aromatic carbocycles. The molecule has 0 spiro atoms. The number of rotatable bonds is 6. The second kappa shape index (κ2) is 10.1. The number of alkyl halides is 3. The highest BCUT2D eigenvalue weighted by Gasteiger charge is 2.36.